The van der Waals surface area contributed by atoms with Crippen LogP contribution in [0, 0.1) is 0 Å². The summed E-state index contributed by atoms with van der Waals surface area (Å²) >= 11 is 0. The Morgan fingerprint density at radius 1 is 1.12 bits per heavy atom. The second-order valence-corrected chi connectivity index (χ2v) is 7.30. The van der Waals surface area contributed by atoms with Gasteiger partial charge in [0.25, 0.3) is 0 Å². The third-order valence-electron chi connectivity index (χ3n) is 3.51. The van der Waals surface area contributed by atoms with Crippen molar-refractivity contribution in [1.82, 2.24) is 5.32 Å². The summed E-state index contributed by atoms with van der Waals surface area (Å²) < 4.78 is 28.1. The molecule has 0 saturated carbocycles. The molecule has 2 aliphatic heterocycles. The second-order valence-electron chi connectivity index (χ2n) is 5.00. The molecule has 4 nitrogen and oxygen atoms in total. The van der Waals surface area contributed by atoms with Crippen LogP contribution in [-0.4, -0.2) is 44.7 Å². The summed E-state index contributed by atoms with van der Waals surface area (Å²) in [6.45, 7) is 2.92. The Morgan fingerprint density at radius 2 is 1.81 bits per heavy atom. The Kier molecular flexibility index (Phi) is 3.87. The number of rotatable bonds is 2. The fourth-order valence-corrected chi connectivity index (χ4v) is 4.03. The standard InChI is InChI=1S/C11H21NO3S/c1-9-8-11(2-5-15-9)12-10-3-6-16(13,14)7-4-10/h9-12H,2-8H2,1H3. The number of hydrogen-bond donors (Lipinski definition) is 1. The lowest BCUT2D eigenvalue weighted by Gasteiger charge is -2.33. The first kappa shape index (κ1) is 12.3. The number of ether oxygens (including phenoxy) is 1. The summed E-state index contributed by atoms with van der Waals surface area (Å²) in [4.78, 5) is 0. The number of hydrogen-bond acceptors (Lipinski definition) is 4. The SMILES string of the molecule is CC1CC(NC2CCS(=O)(=O)CC2)CCO1. The Morgan fingerprint density at radius 3 is 2.44 bits per heavy atom. The fourth-order valence-electron chi connectivity index (χ4n) is 2.54. The lowest BCUT2D eigenvalue weighted by molar-refractivity contribution is 0.0110. The van der Waals surface area contributed by atoms with Crippen LogP contribution in [0.3, 0.4) is 0 Å². The Bertz CT molecular complexity index is 314. The van der Waals surface area contributed by atoms with Gasteiger partial charge in [0.2, 0.25) is 0 Å². The molecular weight excluding hydrogens is 226 g/mol. The van der Waals surface area contributed by atoms with Crippen molar-refractivity contribution in [2.24, 2.45) is 0 Å². The summed E-state index contributed by atoms with van der Waals surface area (Å²) in [5, 5.41) is 3.58. The molecular formula is C11H21NO3S. The topological polar surface area (TPSA) is 55.4 Å². The molecule has 0 aromatic carbocycles. The van der Waals surface area contributed by atoms with Gasteiger partial charge in [0.05, 0.1) is 17.6 Å². The second kappa shape index (κ2) is 5.02. The van der Waals surface area contributed by atoms with Crippen LogP contribution >= 0.6 is 0 Å². The van der Waals surface area contributed by atoms with Gasteiger partial charge in [-0.3, -0.25) is 0 Å². The van der Waals surface area contributed by atoms with Gasteiger partial charge in [0.15, 0.2) is 0 Å². The summed E-state index contributed by atoms with van der Waals surface area (Å²) in [6, 6.07) is 0.897. The van der Waals surface area contributed by atoms with E-state index in [1.807, 2.05) is 0 Å². The monoisotopic (exact) mass is 247 g/mol. The van der Waals surface area contributed by atoms with Crippen LogP contribution in [0.25, 0.3) is 0 Å². The lowest BCUT2D eigenvalue weighted by Crippen LogP contribution is -2.46. The largest absolute Gasteiger partial charge is 0.378 e. The molecule has 2 saturated heterocycles. The van der Waals surface area contributed by atoms with Crippen molar-refractivity contribution in [1.29, 1.82) is 0 Å². The van der Waals surface area contributed by atoms with Gasteiger partial charge >= 0.3 is 0 Å². The molecule has 2 atom stereocenters. The molecule has 0 radical (unpaired) electrons. The molecule has 0 aliphatic carbocycles. The molecule has 2 fully saturated rings. The van der Waals surface area contributed by atoms with E-state index in [2.05, 4.69) is 12.2 Å². The molecule has 94 valence electrons. The molecule has 2 unspecified atom stereocenters. The normalized spacial score (nSPS) is 36.1. The highest BCUT2D eigenvalue weighted by Gasteiger charge is 2.27. The minimum absolute atomic E-state index is 0.332. The van der Waals surface area contributed by atoms with Crippen molar-refractivity contribution in [2.75, 3.05) is 18.1 Å². The van der Waals surface area contributed by atoms with Crippen LogP contribution in [0.2, 0.25) is 0 Å². The van der Waals surface area contributed by atoms with Gasteiger partial charge in [-0.2, -0.15) is 0 Å². The number of nitrogens with one attached hydrogen (secondary N) is 1. The van der Waals surface area contributed by atoms with Crippen molar-refractivity contribution in [3.8, 4) is 0 Å². The van der Waals surface area contributed by atoms with Gasteiger partial charge in [-0.05, 0) is 32.6 Å². The Hall–Kier alpha value is -0.130. The first-order valence-electron chi connectivity index (χ1n) is 6.13. The summed E-state index contributed by atoms with van der Waals surface area (Å²) in [6.07, 6.45) is 3.97. The van der Waals surface area contributed by atoms with Crippen molar-refractivity contribution < 1.29 is 13.2 Å². The summed E-state index contributed by atoms with van der Waals surface area (Å²) in [5.74, 6) is 0.701. The van der Waals surface area contributed by atoms with Crippen LogP contribution in [0.1, 0.15) is 32.6 Å². The van der Waals surface area contributed by atoms with Crippen LogP contribution in [0.15, 0.2) is 0 Å². The van der Waals surface area contributed by atoms with Crippen LogP contribution in [-0.2, 0) is 14.6 Å². The third-order valence-corrected chi connectivity index (χ3v) is 5.23. The zero-order valence-electron chi connectivity index (χ0n) is 9.81. The smallest absolute Gasteiger partial charge is 0.150 e. The van der Waals surface area contributed by atoms with E-state index in [4.69, 9.17) is 4.74 Å². The first-order chi connectivity index (χ1) is 7.55. The quantitative estimate of drug-likeness (QED) is 0.781. The van der Waals surface area contributed by atoms with Gasteiger partial charge in [0.1, 0.15) is 9.84 Å². The van der Waals surface area contributed by atoms with E-state index in [0.29, 0.717) is 29.7 Å². The van der Waals surface area contributed by atoms with Gasteiger partial charge in [-0.1, -0.05) is 0 Å². The molecule has 1 N–H and O–H groups in total. The summed E-state index contributed by atoms with van der Waals surface area (Å²) in [7, 11) is -2.73. The summed E-state index contributed by atoms with van der Waals surface area (Å²) in [5.41, 5.74) is 0. The average molecular weight is 247 g/mol. The van der Waals surface area contributed by atoms with E-state index in [-0.39, 0.29) is 0 Å². The van der Waals surface area contributed by atoms with E-state index in [1.165, 1.54) is 0 Å². The molecule has 0 aromatic rings. The van der Waals surface area contributed by atoms with Crippen molar-refractivity contribution >= 4 is 9.84 Å². The molecule has 0 spiro atoms. The zero-order chi connectivity index (χ0) is 11.6. The van der Waals surface area contributed by atoms with Gasteiger partial charge < -0.3 is 10.1 Å². The van der Waals surface area contributed by atoms with E-state index < -0.39 is 9.84 Å². The maximum absolute atomic E-state index is 11.3. The molecule has 2 aliphatic rings. The minimum Gasteiger partial charge on any atom is -0.378 e. The predicted molar refractivity (Wildman–Crippen MR) is 63.2 cm³/mol. The molecule has 16 heavy (non-hydrogen) atoms. The van der Waals surface area contributed by atoms with Gasteiger partial charge in [0, 0.05) is 18.7 Å². The first-order valence-corrected chi connectivity index (χ1v) is 7.95. The lowest BCUT2D eigenvalue weighted by atomic mass is 10.0. The number of sulfone groups is 1. The fraction of sp³-hybridized carbons (Fsp3) is 1.00. The van der Waals surface area contributed by atoms with Crippen LogP contribution in [0.4, 0.5) is 0 Å². The molecule has 2 rings (SSSR count). The van der Waals surface area contributed by atoms with Gasteiger partial charge in [-0.25, -0.2) is 8.42 Å². The maximum atomic E-state index is 11.3. The van der Waals surface area contributed by atoms with Crippen molar-refractivity contribution in [2.45, 2.75) is 50.8 Å². The molecule has 0 bridgehead atoms. The van der Waals surface area contributed by atoms with Crippen LogP contribution < -0.4 is 5.32 Å². The van der Waals surface area contributed by atoms with Crippen molar-refractivity contribution in [3.63, 3.8) is 0 Å². The molecule has 2 heterocycles. The van der Waals surface area contributed by atoms with E-state index >= 15 is 0 Å². The van der Waals surface area contributed by atoms with E-state index in [1.54, 1.807) is 0 Å². The Labute approximate surface area is 97.7 Å². The third kappa shape index (κ3) is 3.43. The predicted octanol–water partition coefficient (Wildman–Crippen LogP) is 0.721. The highest BCUT2D eigenvalue weighted by Crippen LogP contribution is 2.18. The minimum atomic E-state index is -2.73. The molecule has 5 heteroatoms. The van der Waals surface area contributed by atoms with Crippen molar-refractivity contribution in [3.05, 3.63) is 0 Å². The zero-order valence-corrected chi connectivity index (χ0v) is 10.6. The average Bonchev–Trinajstić information content (AvgIpc) is 2.21. The van der Waals surface area contributed by atoms with E-state index in [0.717, 1.165) is 32.3 Å². The molecule has 0 aromatic heterocycles. The van der Waals surface area contributed by atoms with Gasteiger partial charge in [-0.15, -0.1) is 0 Å². The van der Waals surface area contributed by atoms with E-state index in [9.17, 15) is 8.42 Å². The highest BCUT2D eigenvalue weighted by atomic mass is 32.2. The molecule has 0 amide bonds. The highest BCUT2D eigenvalue weighted by molar-refractivity contribution is 7.91. The van der Waals surface area contributed by atoms with Crippen LogP contribution in [0.5, 0.6) is 0 Å². The Balaban J connectivity index is 1.78. The maximum Gasteiger partial charge on any atom is 0.150 e.